The predicted octanol–water partition coefficient (Wildman–Crippen LogP) is 1.24. The first kappa shape index (κ1) is 13.5. The molecule has 0 radical (unpaired) electrons. The Morgan fingerprint density at radius 3 is 2.63 bits per heavy atom. The molecule has 8 heteroatoms. The van der Waals surface area contributed by atoms with E-state index in [-0.39, 0.29) is 17.4 Å². The minimum Gasteiger partial charge on any atom is -0.330 e. The van der Waals surface area contributed by atoms with Gasteiger partial charge in [0.15, 0.2) is 6.04 Å². The van der Waals surface area contributed by atoms with E-state index in [2.05, 4.69) is 10.3 Å². The summed E-state index contributed by atoms with van der Waals surface area (Å²) in [5.74, 6) is 0. The van der Waals surface area contributed by atoms with E-state index in [1.54, 1.807) is 12.1 Å². The van der Waals surface area contributed by atoms with Gasteiger partial charge in [0.25, 0.3) is 5.56 Å². The number of benzene rings is 1. The third-order valence-electron chi connectivity index (χ3n) is 2.70. The van der Waals surface area contributed by atoms with Crippen molar-refractivity contribution in [3.63, 3.8) is 0 Å². The summed E-state index contributed by atoms with van der Waals surface area (Å²) in [5.41, 5.74) is 4.61. The van der Waals surface area contributed by atoms with Crippen LogP contribution in [0.5, 0.6) is 0 Å². The fraction of sp³-hybridized carbons (Fsp3) is 0.364. The van der Waals surface area contributed by atoms with Crippen molar-refractivity contribution in [1.29, 1.82) is 0 Å². The van der Waals surface area contributed by atoms with Crippen molar-refractivity contribution in [1.82, 2.24) is 15.0 Å². The molecule has 2 N–H and O–H groups in total. The van der Waals surface area contributed by atoms with Crippen LogP contribution in [0.4, 0.5) is 13.2 Å². The lowest BCUT2D eigenvalue weighted by molar-refractivity contribution is -0.172. The van der Waals surface area contributed by atoms with Crippen LogP contribution in [-0.2, 0) is 0 Å². The van der Waals surface area contributed by atoms with E-state index >= 15 is 0 Å². The SMILES string of the molecule is NCCC(n1nnc2ccccc2c1=O)C(F)(F)F. The first-order valence-electron chi connectivity index (χ1n) is 5.56. The van der Waals surface area contributed by atoms with Crippen molar-refractivity contribution in [2.45, 2.75) is 18.6 Å². The lowest BCUT2D eigenvalue weighted by Crippen LogP contribution is -2.37. The Hall–Kier alpha value is -1.96. The van der Waals surface area contributed by atoms with Gasteiger partial charge in [0.2, 0.25) is 0 Å². The molecule has 1 unspecified atom stereocenters. The van der Waals surface area contributed by atoms with Gasteiger partial charge in [-0.05, 0) is 25.1 Å². The molecule has 0 bridgehead atoms. The number of hydrogen-bond acceptors (Lipinski definition) is 4. The average Bonchev–Trinajstić information content (AvgIpc) is 2.36. The molecule has 0 spiro atoms. The van der Waals surface area contributed by atoms with Crippen molar-refractivity contribution in [2.24, 2.45) is 5.73 Å². The van der Waals surface area contributed by atoms with Gasteiger partial charge >= 0.3 is 6.18 Å². The summed E-state index contributed by atoms with van der Waals surface area (Å²) < 4.78 is 39.0. The maximum absolute atomic E-state index is 12.9. The van der Waals surface area contributed by atoms with Gasteiger partial charge in [-0.2, -0.15) is 17.9 Å². The van der Waals surface area contributed by atoms with Crippen LogP contribution in [0.25, 0.3) is 10.9 Å². The van der Waals surface area contributed by atoms with Gasteiger partial charge in [0, 0.05) is 0 Å². The normalized spacial score (nSPS) is 13.7. The second-order valence-corrected chi connectivity index (χ2v) is 3.99. The first-order valence-corrected chi connectivity index (χ1v) is 5.56. The molecule has 1 atom stereocenters. The van der Waals surface area contributed by atoms with Crippen molar-refractivity contribution in [3.05, 3.63) is 34.6 Å². The molecule has 0 fully saturated rings. The number of hydrogen-bond donors (Lipinski definition) is 1. The molecule has 1 aromatic carbocycles. The second-order valence-electron chi connectivity index (χ2n) is 3.99. The van der Waals surface area contributed by atoms with E-state index < -0.39 is 24.2 Å². The van der Waals surface area contributed by atoms with Crippen LogP contribution in [0.3, 0.4) is 0 Å². The van der Waals surface area contributed by atoms with Crippen molar-refractivity contribution >= 4 is 10.9 Å². The number of nitrogens with two attached hydrogens (primary N) is 1. The molecular weight excluding hydrogens is 261 g/mol. The van der Waals surface area contributed by atoms with Crippen LogP contribution in [0, 0.1) is 0 Å². The molecule has 5 nitrogen and oxygen atoms in total. The van der Waals surface area contributed by atoms with Gasteiger partial charge < -0.3 is 5.73 Å². The number of fused-ring (bicyclic) bond motifs is 1. The first-order chi connectivity index (χ1) is 8.95. The third-order valence-corrected chi connectivity index (χ3v) is 2.70. The van der Waals surface area contributed by atoms with Gasteiger partial charge in [0.05, 0.1) is 5.39 Å². The minimum absolute atomic E-state index is 0.101. The molecule has 0 aliphatic heterocycles. The summed E-state index contributed by atoms with van der Waals surface area (Å²) in [5, 5.41) is 7.10. The summed E-state index contributed by atoms with van der Waals surface area (Å²) in [7, 11) is 0. The zero-order chi connectivity index (χ0) is 14.0. The van der Waals surface area contributed by atoms with E-state index in [1.165, 1.54) is 12.1 Å². The average molecular weight is 272 g/mol. The molecule has 1 heterocycles. The van der Waals surface area contributed by atoms with Crippen molar-refractivity contribution in [2.75, 3.05) is 6.54 Å². The number of rotatable bonds is 3. The van der Waals surface area contributed by atoms with Crippen LogP contribution in [0.1, 0.15) is 12.5 Å². The third kappa shape index (κ3) is 2.58. The lowest BCUT2D eigenvalue weighted by atomic mass is 10.2. The van der Waals surface area contributed by atoms with E-state index in [1.807, 2.05) is 0 Å². The highest BCUT2D eigenvalue weighted by atomic mass is 19.4. The van der Waals surface area contributed by atoms with E-state index in [9.17, 15) is 18.0 Å². The molecule has 0 amide bonds. The second kappa shape index (κ2) is 4.96. The Balaban J connectivity index is 2.61. The molecule has 102 valence electrons. The smallest absolute Gasteiger partial charge is 0.330 e. The van der Waals surface area contributed by atoms with Gasteiger partial charge in [-0.25, -0.2) is 0 Å². The molecular formula is C11H11F3N4O. The number of alkyl halides is 3. The summed E-state index contributed by atoms with van der Waals surface area (Å²) in [6, 6.07) is 4.06. The largest absolute Gasteiger partial charge is 0.411 e. The zero-order valence-electron chi connectivity index (χ0n) is 9.76. The zero-order valence-corrected chi connectivity index (χ0v) is 9.76. The molecule has 1 aromatic heterocycles. The highest BCUT2D eigenvalue weighted by Gasteiger charge is 2.42. The van der Waals surface area contributed by atoms with Crippen molar-refractivity contribution in [3.8, 4) is 0 Å². The van der Waals surface area contributed by atoms with Crippen LogP contribution in [0.15, 0.2) is 29.1 Å². The minimum atomic E-state index is -4.60. The summed E-state index contributed by atoms with van der Waals surface area (Å²) in [6.07, 6.45) is -5.02. The van der Waals surface area contributed by atoms with Crippen LogP contribution >= 0.6 is 0 Å². The molecule has 19 heavy (non-hydrogen) atoms. The lowest BCUT2D eigenvalue weighted by Gasteiger charge is -2.20. The van der Waals surface area contributed by atoms with E-state index in [0.29, 0.717) is 4.68 Å². The van der Waals surface area contributed by atoms with Crippen LogP contribution in [0.2, 0.25) is 0 Å². The van der Waals surface area contributed by atoms with Gasteiger partial charge in [-0.1, -0.05) is 17.3 Å². The fourth-order valence-electron chi connectivity index (χ4n) is 1.79. The Bertz CT molecular complexity index is 638. The van der Waals surface area contributed by atoms with E-state index in [0.717, 1.165) is 0 Å². The molecule has 2 aromatic rings. The number of aromatic nitrogens is 3. The Kier molecular flexibility index (Phi) is 3.52. The summed E-state index contributed by atoms with van der Waals surface area (Å²) >= 11 is 0. The quantitative estimate of drug-likeness (QED) is 0.912. The number of halogens is 3. The van der Waals surface area contributed by atoms with E-state index in [4.69, 9.17) is 5.73 Å². The predicted molar refractivity (Wildman–Crippen MR) is 62.6 cm³/mol. The van der Waals surface area contributed by atoms with Gasteiger partial charge in [0.1, 0.15) is 5.52 Å². The summed E-state index contributed by atoms with van der Waals surface area (Å²) in [6.45, 7) is -0.203. The topological polar surface area (TPSA) is 73.8 Å². The molecule has 0 saturated heterocycles. The standard InChI is InChI=1S/C11H11F3N4O/c12-11(13,14)9(5-6-15)18-10(19)7-3-1-2-4-8(7)16-17-18/h1-4,9H,5-6,15H2. The molecule has 2 rings (SSSR count). The highest BCUT2D eigenvalue weighted by Crippen LogP contribution is 2.31. The van der Waals surface area contributed by atoms with Gasteiger partial charge in [-0.3, -0.25) is 4.79 Å². The van der Waals surface area contributed by atoms with Crippen LogP contribution < -0.4 is 11.3 Å². The summed E-state index contributed by atoms with van der Waals surface area (Å²) in [4.78, 5) is 12.0. The highest BCUT2D eigenvalue weighted by molar-refractivity contribution is 5.76. The van der Waals surface area contributed by atoms with Gasteiger partial charge in [-0.15, -0.1) is 5.10 Å². The van der Waals surface area contributed by atoms with Crippen LogP contribution in [-0.4, -0.2) is 27.7 Å². The molecule has 0 aliphatic rings. The maximum atomic E-state index is 12.9. The van der Waals surface area contributed by atoms with Crippen molar-refractivity contribution < 1.29 is 13.2 Å². The monoisotopic (exact) mass is 272 g/mol. The molecule has 0 saturated carbocycles. The molecule has 0 aliphatic carbocycles. The Labute approximate surface area is 105 Å². The fourth-order valence-corrected chi connectivity index (χ4v) is 1.79. The maximum Gasteiger partial charge on any atom is 0.411 e. The Morgan fingerprint density at radius 2 is 2.00 bits per heavy atom. The number of nitrogens with zero attached hydrogens (tertiary/aromatic N) is 3. The Morgan fingerprint density at radius 1 is 1.32 bits per heavy atom.